The summed E-state index contributed by atoms with van der Waals surface area (Å²) < 4.78 is 13.1. The Hall–Kier alpha value is -2.14. The van der Waals surface area contributed by atoms with Crippen molar-refractivity contribution in [3.63, 3.8) is 0 Å². The van der Waals surface area contributed by atoms with Crippen LogP contribution in [0.25, 0.3) is 0 Å². The summed E-state index contributed by atoms with van der Waals surface area (Å²) in [6.45, 7) is 0. The van der Waals surface area contributed by atoms with Crippen molar-refractivity contribution in [3.05, 3.63) is 0 Å². The van der Waals surface area contributed by atoms with Gasteiger partial charge in [-0.25, -0.2) is 0 Å². The van der Waals surface area contributed by atoms with Crippen LogP contribution in [0.5, 0.6) is 0 Å². The maximum atomic E-state index is 13.2. The van der Waals surface area contributed by atoms with Crippen LogP contribution in [0.15, 0.2) is 0 Å². The minimum absolute atomic E-state index is 0.262. The summed E-state index contributed by atoms with van der Waals surface area (Å²) in [5.41, 5.74) is 0. The van der Waals surface area contributed by atoms with E-state index in [0.717, 1.165) is 0 Å². The van der Waals surface area contributed by atoms with Crippen molar-refractivity contribution in [1.29, 1.82) is 0 Å². The van der Waals surface area contributed by atoms with Crippen LogP contribution in [0, 0.1) is 0 Å². The second-order valence-corrected chi connectivity index (χ2v) is 17.0. The van der Waals surface area contributed by atoms with Gasteiger partial charge >= 0.3 is 162 Å². The van der Waals surface area contributed by atoms with Crippen molar-refractivity contribution in [1.82, 2.24) is 47.1 Å². The van der Waals surface area contributed by atoms with Crippen LogP contribution in [-0.4, -0.2) is 128 Å². The molecule has 28 heavy (non-hydrogen) atoms. The van der Waals surface area contributed by atoms with Crippen molar-refractivity contribution >= 4 is 38.8 Å². The Bertz CT molecular complexity index is 829. The molecule has 5 aliphatic rings. The second kappa shape index (κ2) is 3.95. The van der Waals surface area contributed by atoms with E-state index >= 15 is 0 Å². The van der Waals surface area contributed by atoms with Gasteiger partial charge in [0.2, 0.25) is 0 Å². The molecule has 5 rings (SSSR count). The van der Waals surface area contributed by atoms with Gasteiger partial charge in [-0.1, -0.05) is 0 Å². The molecule has 0 saturated carbocycles. The van der Waals surface area contributed by atoms with Gasteiger partial charge in [-0.3, -0.25) is 0 Å². The number of hydrogen-bond donors (Lipinski definition) is 0. The summed E-state index contributed by atoms with van der Waals surface area (Å²) in [6.07, 6.45) is 0. The molecule has 0 aliphatic carbocycles. The Labute approximate surface area is 162 Å². The molecule has 0 aromatic carbocycles. The Balaban J connectivity index is 1.95. The summed E-state index contributed by atoms with van der Waals surface area (Å²) in [4.78, 5) is 52.0. The average Bonchev–Trinajstić information content (AvgIpc) is 2.94. The van der Waals surface area contributed by atoms with E-state index < -0.39 is 14.7 Å². The quantitative estimate of drug-likeness (QED) is 0.520. The Morgan fingerprint density at radius 2 is 0.643 bits per heavy atom. The van der Waals surface area contributed by atoms with Crippen LogP contribution in [0.3, 0.4) is 0 Å². The van der Waals surface area contributed by atoms with E-state index in [9.17, 15) is 19.2 Å². The molecule has 5 aliphatic heterocycles. The van der Waals surface area contributed by atoms with Crippen molar-refractivity contribution in [2.45, 2.75) is 0 Å². The van der Waals surface area contributed by atoms with E-state index in [0.29, 0.717) is 0 Å². The Morgan fingerprint density at radius 3 is 0.893 bits per heavy atom. The molecule has 0 atom stereocenters. The third-order valence-electron chi connectivity index (χ3n) is 7.25. The van der Waals surface area contributed by atoms with Gasteiger partial charge in [0.25, 0.3) is 0 Å². The zero-order chi connectivity index (χ0) is 21.0. The van der Waals surface area contributed by atoms with E-state index in [1.165, 1.54) is 10.0 Å². The molecule has 0 unspecified atom stereocenters. The van der Waals surface area contributed by atoms with Crippen molar-refractivity contribution in [2.24, 2.45) is 0 Å². The van der Waals surface area contributed by atoms with E-state index in [4.69, 9.17) is 0 Å². The zero-order valence-electron chi connectivity index (χ0n) is 17.0. The van der Waals surface area contributed by atoms with Gasteiger partial charge in [-0.15, -0.1) is 0 Å². The van der Waals surface area contributed by atoms with Gasteiger partial charge in [-0.2, -0.15) is 0 Å². The summed E-state index contributed by atoms with van der Waals surface area (Å²) in [7, 11) is 5.18. The van der Waals surface area contributed by atoms with Crippen LogP contribution >= 0.6 is 14.7 Å². The molecule has 0 aromatic rings. The maximum absolute atomic E-state index is 13.2. The monoisotopic (exact) mass is 434 g/mol. The summed E-state index contributed by atoms with van der Waals surface area (Å²) in [5, 5.41) is 2.90. The number of amides is 8. The van der Waals surface area contributed by atoms with E-state index in [1.807, 2.05) is 9.10 Å². The molecule has 8 amide bonds. The van der Waals surface area contributed by atoms with Crippen molar-refractivity contribution in [2.75, 3.05) is 56.4 Å². The fraction of sp³-hybridized carbons (Fsp3) is 0.667. The van der Waals surface area contributed by atoms with Gasteiger partial charge in [0, 0.05) is 0 Å². The predicted octanol–water partition coefficient (Wildman–Crippen LogP) is 0.679. The molecule has 5 heterocycles. The number of hydrogen-bond acceptors (Lipinski definition) is 6. The topological polar surface area (TPSA) is 101 Å². The number of carbonyl (C=O) groups excluding carboxylic acids is 4. The van der Waals surface area contributed by atoms with E-state index in [1.54, 1.807) is 84.4 Å². The number of rotatable bonds is 0. The molecule has 14 nitrogen and oxygen atoms in total. The Kier molecular flexibility index (Phi) is 2.53. The van der Waals surface area contributed by atoms with Gasteiger partial charge in [0.15, 0.2) is 0 Å². The van der Waals surface area contributed by atoms with E-state index in [-0.39, 0.29) is 24.1 Å². The first-order valence-corrected chi connectivity index (χ1v) is 12.6. The third-order valence-corrected chi connectivity index (χ3v) is 22.2. The van der Waals surface area contributed by atoms with Crippen molar-refractivity contribution in [3.8, 4) is 0 Å². The third kappa shape index (κ3) is 0.898. The number of hydrazine groups is 2. The number of urea groups is 4. The molecule has 0 bridgehead atoms. The fourth-order valence-electron chi connectivity index (χ4n) is 6.13. The molecule has 0 aromatic heterocycles. The standard InChI is InChI=1S/C12H24N10O4P2/c1-13-9(23)15(3)27(17(5)11(25)18(27)6)21(13)28(19(7)12(26)20(28)8)16(4)10(24)14(2)22(27)28/h1-8H3. The molecule has 156 valence electrons. The molecular weight excluding hydrogens is 410 g/mol. The fourth-order valence-corrected chi connectivity index (χ4v) is 25.6. The normalized spacial score (nSPS) is 34.7. The first-order valence-electron chi connectivity index (χ1n) is 8.58. The second-order valence-electron chi connectivity index (χ2n) is 7.64. The molecular formula is C12H24N10O4P2. The predicted molar refractivity (Wildman–Crippen MR) is 101 cm³/mol. The SMILES string of the molecule is CN1C(=O)N(C)P23(N(C)C(=O)N2C)N1P12(N(C)C(=O)N(C)N31)N(C)C(=O)N2C. The van der Waals surface area contributed by atoms with Gasteiger partial charge in [0.1, 0.15) is 0 Å². The van der Waals surface area contributed by atoms with Crippen LogP contribution in [-0.2, 0) is 0 Å². The first-order chi connectivity index (χ1) is 12.8. The molecule has 2 spiro atoms. The number of carbonyl (C=O) groups is 4. The van der Waals surface area contributed by atoms with Crippen LogP contribution in [0.2, 0.25) is 0 Å². The van der Waals surface area contributed by atoms with Gasteiger partial charge in [0.05, 0.1) is 0 Å². The first kappa shape index (κ1) is 17.9. The summed E-state index contributed by atoms with van der Waals surface area (Å²) in [5.74, 6) is 0. The van der Waals surface area contributed by atoms with Gasteiger partial charge < -0.3 is 0 Å². The average molecular weight is 434 g/mol. The molecule has 0 N–H and O–H groups in total. The minimum atomic E-state index is -3.95. The van der Waals surface area contributed by atoms with Gasteiger partial charge in [-0.05, 0) is 0 Å². The summed E-state index contributed by atoms with van der Waals surface area (Å²) in [6, 6.07) is -1.15. The zero-order valence-corrected chi connectivity index (χ0v) is 18.8. The Morgan fingerprint density at radius 1 is 0.429 bits per heavy atom. The molecule has 5 saturated heterocycles. The van der Waals surface area contributed by atoms with Crippen LogP contribution in [0.1, 0.15) is 0 Å². The van der Waals surface area contributed by atoms with Crippen LogP contribution in [0.4, 0.5) is 19.2 Å². The number of nitrogens with zero attached hydrogens (tertiary/aromatic N) is 10. The molecule has 5 fully saturated rings. The molecule has 16 heteroatoms. The van der Waals surface area contributed by atoms with Crippen molar-refractivity contribution < 1.29 is 19.2 Å². The van der Waals surface area contributed by atoms with E-state index in [2.05, 4.69) is 0 Å². The summed E-state index contributed by atoms with van der Waals surface area (Å²) >= 11 is 0. The van der Waals surface area contributed by atoms with Crippen LogP contribution < -0.4 is 0 Å². The molecule has 0 radical (unpaired) electrons.